The lowest BCUT2D eigenvalue weighted by molar-refractivity contribution is 0.480. The number of hydrogen-bond donors (Lipinski definition) is 2. The monoisotopic (exact) mass is 203 g/mol. The smallest absolute Gasteiger partial charge is 0.283 e. The maximum Gasteiger partial charge on any atom is 0.283 e. The molecule has 3 N–H and O–H groups in total. The fraction of sp³-hybridized carbons (Fsp3) is 0.625. The van der Waals surface area contributed by atoms with Gasteiger partial charge < -0.3 is 5.73 Å². The lowest BCUT2D eigenvalue weighted by Crippen LogP contribution is -2.20. The number of aryl methyl sites for hydroxylation is 1. The van der Waals surface area contributed by atoms with Crippen molar-refractivity contribution in [1.29, 1.82) is 0 Å². The number of rotatable bonds is 2. The molecule has 0 aromatic carbocycles. The molecule has 0 amide bonds. The second kappa shape index (κ2) is 3.55. The van der Waals surface area contributed by atoms with Gasteiger partial charge in [0.15, 0.2) is 0 Å². The van der Waals surface area contributed by atoms with Crippen LogP contribution in [0.5, 0.6) is 0 Å². The van der Waals surface area contributed by atoms with Crippen molar-refractivity contribution < 1.29 is 0 Å². The molecule has 1 atom stereocenters. The van der Waals surface area contributed by atoms with Gasteiger partial charge in [-0.2, -0.15) is 0 Å². The fourth-order valence-electron chi connectivity index (χ4n) is 1.21. The van der Waals surface area contributed by atoms with Gasteiger partial charge in [-0.05, 0) is 5.92 Å². The van der Waals surface area contributed by atoms with E-state index in [9.17, 15) is 4.79 Å². The molecule has 0 aliphatic carbocycles. The third kappa shape index (κ3) is 1.78. The van der Waals surface area contributed by atoms with E-state index in [1.54, 1.807) is 11.7 Å². The predicted octanol–water partition coefficient (Wildman–Crippen LogP) is 1.02. The second-order valence-electron chi connectivity index (χ2n) is 3.47. The summed E-state index contributed by atoms with van der Waals surface area (Å²) in [6.45, 7) is 3.97. The van der Waals surface area contributed by atoms with Crippen LogP contribution in [0.25, 0.3) is 0 Å². The Morgan fingerprint density at radius 2 is 2.08 bits per heavy atom. The topological polar surface area (TPSA) is 63.8 Å². The Morgan fingerprint density at radius 1 is 1.54 bits per heavy atom. The minimum atomic E-state index is -0.282. The van der Waals surface area contributed by atoms with E-state index in [4.69, 9.17) is 17.3 Å². The van der Waals surface area contributed by atoms with E-state index in [1.807, 2.05) is 13.8 Å². The van der Waals surface area contributed by atoms with Crippen LogP contribution in [0, 0.1) is 5.92 Å². The zero-order chi connectivity index (χ0) is 10.2. The first-order chi connectivity index (χ1) is 5.95. The van der Waals surface area contributed by atoms with Gasteiger partial charge in [-0.3, -0.25) is 14.6 Å². The Morgan fingerprint density at radius 3 is 2.38 bits per heavy atom. The number of H-pyrrole nitrogens is 1. The number of aromatic nitrogens is 2. The van der Waals surface area contributed by atoms with Crippen molar-refractivity contribution in [2.24, 2.45) is 18.7 Å². The SMILES string of the molecule is CC(C)[C@H](N)c1c(Cl)c(=O)[nH]n1C. The molecule has 0 aliphatic heterocycles. The van der Waals surface area contributed by atoms with Gasteiger partial charge in [0.1, 0.15) is 5.02 Å². The van der Waals surface area contributed by atoms with Gasteiger partial charge in [-0.1, -0.05) is 25.4 Å². The molecular weight excluding hydrogens is 190 g/mol. The van der Waals surface area contributed by atoms with Gasteiger partial charge in [0.25, 0.3) is 5.56 Å². The van der Waals surface area contributed by atoms with Crippen molar-refractivity contribution in [3.05, 3.63) is 21.1 Å². The average molecular weight is 204 g/mol. The number of nitrogens with zero attached hydrogens (tertiary/aromatic N) is 1. The summed E-state index contributed by atoms with van der Waals surface area (Å²) in [7, 11) is 1.73. The highest BCUT2D eigenvalue weighted by Crippen LogP contribution is 2.22. The summed E-state index contributed by atoms with van der Waals surface area (Å²) in [5, 5.41) is 2.76. The van der Waals surface area contributed by atoms with Crippen molar-refractivity contribution >= 4 is 11.6 Å². The van der Waals surface area contributed by atoms with Gasteiger partial charge in [0, 0.05) is 7.05 Å². The summed E-state index contributed by atoms with van der Waals surface area (Å²) in [5.74, 6) is 0.249. The van der Waals surface area contributed by atoms with Crippen LogP contribution >= 0.6 is 11.6 Å². The van der Waals surface area contributed by atoms with Crippen LogP contribution in [0.15, 0.2) is 4.79 Å². The van der Waals surface area contributed by atoms with Gasteiger partial charge in [-0.15, -0.1) is 0 Å². The van der Waals surface area contributed by atoms with E-state index in [0.29, 0.717) is 5.69 Å². The molecule has 0 saturated carbocycles. The van der Waals surface area contributed by atoms with Crippen LogP contribution in [0.1, 0.15) is 25.6 Å². The standard InChI is InChI=1S/C8H14ClN3O/c1-4(2)6(10)7-5(9)8(13)11-12(7)3/h4,6H,10H2,1-3H3,(H,11,13)/t6-/m0/s1. The maximum atomic E-state index is 11.1. The van der Waals surface area contributed by atoms with E-state index < -0.39 is 0 Å². The Kier molecular flexibility index (Phi) is 2.83. The number of nitrogens with one attached hydrogen (secondary N) is 1. The minimum Gasteiger partial charge on any atom is -0.322 e. The lowest BCUT2D eigenvalue weighted by atomic mass is 10.0. The normalized spacial score (nSPS) is 13.7. The predicted molar refractivity (Wildman–Crippen MR) is 52.8 cm³/mol. The molecular formula is C8H14ClN3O. The summed E-state index contributed by atoms with van der Waals surface area (Å²) >= 11 is 5.81. The van der Waals surface area contributed by atoms with E-state index in [1.165, 1.54) is 0 Å². The van der Waals surface area contributed by atoms with Crippen LogP contribution in [-0.4, -0.2) is 9.78 Å². The fourth-order valence-corrected chi connectivity index (χ4v) is 1.51. The average Bonchev–Trinajstić information content (AvgIpc) is 2.26. The zero-order valence-corrected chi connectivity index (χ0v) is 8.72. The maximum absolute atomic E-state index is 11.1. The van der Waals surface area contributed by atoms with Crippen LogP contribution in [-0.2, 0) is 7.05 Å². The van der Waals surface area contributed by atoms with Crippen LogP contribution in [0.3, 0.4) is 0 Å². The molecule has 0 fully saturated rings. The molecule has 4 nitrogen and oxygen atoms in total. The summed E-state index contributed by atoms with van der Waals surface area (Å²) in [4.78, 5) is 11.1. The van der Waals surface area contributed by atoms with Crippen LogP contribution in [0.2, 0.25) is 5.02 Å². The molecule has 0 saturated heterocycles. The molecule has 1 aromatic rings. The molecule has 0 radical (unpaired) electrons. The minimum absolute atomic E-state index is 0.198. The molecule has 0 aliphatic rings. The van der Waals surface area contributed by atoms with E-state index >= 15 is 0 Å². The first kappa shape index (κ1) is 10.3. The molecule has 13 heavy (non-hydrogen) atoms. The van der Waals surface area contributed by atoms with Gasteiger partial charge in [-0.25, -0.2) is 0 Å². The van der Waals surface area contributed by atoms with Gasteiger partial charge in [0.2, 0.25) is 0 Å². The first-order valence-corrected chi connectivity index (χ1v) is 4.53. The summed E-state index contributed by atoms with van der Waals surface area (Å²) in [6, 6.07) is -0.212. The van der Waals surface area contributed by atoms with E-state index in [-0.39, 0.29) is 22.5 Å². The molecule has 0 bridgehead atoms. The molecule has 1 heterocycles. The van der Waals surface area contributed by atoms with Crippen molar-refractivity contribution in [2.45, 2.75) is 19.9 Å². The molecule has 1 aromatic heterocycles. The largest absolute Gasteiger partial charge is 0.322 e. The highest BCUT2D eigenvalue weighted by atomic mass is 35.5. The van der Waals surface area contributed by atoms with Crippen molar-refractivity contribution in [3.8, 4) is 0 Å². The Hall–Kier alpha value is -0.740. The third-order valence-corrected chi connectivity index (χ3v) is 2.45. The molecule has 1 rings (SSSR count). The first-order valence-electron chi connectivity index (χ1n) is 4.15. The zero-order valence-electron chi connectivity index (χ0n) is 7.97. The lowest BCUT2D eigenvalue weighted by Gasteiger charge is -2.16. The van der Waals surface area contributed by atoms with E-state index in [2.05, 4.69) is 5.10 Å². The second-order valence-corrected chi connectivity index (χ2v) is 3.85. The highest BCUT2D eigenvalue weighted by molar-refractivity contribution is 6.31. The number of halogens is 1. The summed E-state index contributed by atoms with van der Waals surface area (Å²) in [5.41, 5.74) is 6.27. The Balaban J connectivity index is 3.21. The molecule has 74 valence electrons. The molecule has 5 heteroatoms. The summed E-state index contributed by atoms with van der Waals surface area (Å²) < 4.78 is 1.58. The quantitative estimate of drug-likeness (QED) is 0.754. The Labute approximate surface area is 81.7 Å². The van der Waals surface area contributed by atoms with Crippen LogP contribution < -0.4 is 11.3 Å². The van der Waals surface area contributed by atoms with E-state index in [0.717, 1.165) is 0 Å². The van der Waals surface area contributed by atoms with Crippen molar-refractivity contribution in [1.82, 2.24) is 9.78 Å². The van der Waals surface area contributed by atoms with Gasteiger partial charge >= 0.3 is 0 Å². The Bertz CT molecular complexity index is 353. The van der Waals surface area contributed by atoms with Crippen LogP contribution in [0.4, 0.5) is 0 Å². The number of nitrogens with two attached hydrogens (primary N) is 1. The van der Waals surface area contributed by atoms with Crippen molar-refractivity contribution in [3.63, 3.8) is 0 Å². The highest BCUT2D eigenvalue weighted by Gasteiger charge is 2.19. The van der Waals surface area contributed by atoms with Gasteiger partial charge in [0.05, 0.1) is 11.7 Å². The number of aromatic amines is 1. The molecule has 0 unspecified atom stereocenters. The molecule has 0 spiro atoms. The number of hydrogen-bond acceptors (Lipinski definition) is 2. The third-order valence-electron chi connectivity index (χ3n) is 2.09. The summed E-state index contributed by atoms with van der Waals surface area (Å²) in [6.07, 6.45) is 0. The van der Waals surface area contributed by atoms with Crippen molar-refractivity contribution in [2.75, 3.05) is 0 Å².